The van der Waals surface area contributed by atoms with Crippen LogP contribution in [0.15, 0.2) is 12.1 Å². The zero-order chi connectivity index (χ0) is 8.43. The fraction of sp³-hybridized carbons (Fsp3) is 0.167. The standard InChI is InChI=1S/C6H3F3IN/c7-4-2-1-3(10)5(11-4)6(8)9/h1-2,6H. The lowest BCUT2D eigenvalue weighted by molar-refractivity contribution is 0.143. The molecule has 60 valence electrons. The lowest BCUT2D eigenvalue weighted by Gasteiger charge is -2.00. The molecule has 0 aliphatic heterocycles. The number of hydrogen-bond acceptors (Lipinski definition) is 1. The number of nitrogens with zero attached hydrogens (tertiary/aromatic N) is 1. The van der Waals surface area contributed by atoms with Crippen LogP contribution < -0.4 is 0 Å². The molecule has 0 aromatic carbocycles. The highest BCUT2D eigenvalue weighted by molar-refractivity contribution is 14.1. The van der Waals surface area contributed by atoms with Crippen LogP contribution in [0.2, 0.25) is 0 Å². The molecular weight excluding hydrogens is 270 g/mol. The molecule has 0 atom stereocenters. The van der Waals surface area contributed by atoms with E-state index in [1.54, 1.807) is 22.6 Å². The maximum absolute atomic E-state index is 12.3. The monoisotopic (exact) mass is 273 g/mol. The Hall–Kier alpha value is -0.330. The van der Waals surface area contributed by atoms with Crippen molar-refractivity contribution < 1.29 is 13.2 Å². The van der Waals surface area contributed by atoms with Gasteiger partial charge < -0.3 is 0 Å². The van der Waals surface area contributed by atoms with Gasteiger partial charge in [0.15, 0.2) is 0 Å². The average Bonchev–Trinajstić information content (AvgIpc) is 1.94. The molecule has 5 heteroatoms. The van der Waals surface area contributed by atoms with E-state index >= 15 is 0 Å². The van der Waals surface area contributed by atoms with Crippen molar-refractivity contribution in [1.29, 1.82) is 0 Å². The summed E-state index contributed by atoms with van der Waals surface area (Å²) in [7, 11) is 0. The minimum atomic E-state index is -2.71. The lowest BCUT2D eigenvalue weighted by Crippen LogP contribution is -1.96. The largest absolute Gasteiger partial charge is 0.281 e. The molecule has 0 aliphatic carbocycles. The zero-order valence-corrected chi connectivity index (χ0v) is 7.35. The molecule has 0 saturated heterocycles. The Morgan fingerprint density at radius 3 is 2.45 bits per heavy atom. The normalized spacial score (nSPS) is 10.6. The number of aromatic nitrogens is 1. The summed E-state index contributed by atoms with van der Waals surface area (Å²) < 4.78 is 36.5. The van der Waals surface area contributed by atoms with Gasteiger partial charge in [0, 0.05) is 3.57 Å². The Bertz CT molecular complexity index is 264. The van der Waals surface area contributed by atoms with Gasteiger partial charge in [-0.25, -0.2) is 13.8 Å². The molecule has 1 aromatic rings. The average molecular weight is 273 g/mol. The number of rotatable bonds is 1. The second-order valence-corrected chi connectivity index (χ2v) is 2.96. The van der Waals surface area contributed by atoms with E-state index in [-0.39, 0.29) is 3.57 Å². The predicted molar refractivity (Wildman–Crippen MR) is 41.9 cm³/mol. The number of pyridine rings is 1. The summed E-state index contributed by atoms with van der Waals surface area (Å²) in [6.07, 6.45) is -2.71. The molecule has 0 saturated carbocycles. The smallest absolute Gasteiger partial charge is 0.218 e. The van der Waals surface area contributed by atoms with Gasteiger partial charge in [-0.15, -0.1) is 0 Å². The Morgan fingerprint density at radius 1 is 1.36 bits per heavy atom. The van der Waals surface area contributed by atoms with Crippen LogP contribution in [-0.4, -0.2) is 4.98 Å². The SMILES string of the molecule is Fc1ccc(I)c(C(F)F)n1. The van der Waals surface area contributed by atoms with E-state index in [1.807, 2.05) is 0 Å². The van der Waals surface area contributed by atoms with Crippen molar-refractivity contribution in [2.24, 2.45) is 0 Å². The molecule has 0 radical (unpaired) electrons. The van der Waals surface area contributed by atoms with Crippen LogP contribution in [0.5, 0.6) is 0 Å². The third kappa shape index (κ3) is 2.05. The molecule has 1 aromatic heterocycles. The summed E-state index contributed by atoms with van der Waals surface area (Å²) in [4.78, 5) is 3.05. The Morgan fingerprint density at radius 2 is 2.00 bits per heavy atom. The van der Waals surface area contributed by atoms with Gasteiger partial charge in [-0.3, -0.25) is 0 Å². The third-order valence-corrected chi connectivity index (χ3v) is 1.96. The second kappa shape index (κ2) is 3.38. The van der Waals surface area contributed by atoms with Crippen molar-refractivity contribution in [2.75, 3.05) is 0 Å². The molecule has 0 N–H and O–H groups in total. The summed E-state index contributed by atoms with van der Waals surface area (Å²) in [5.74, 6) is -0.874. The fourth-order valence-corrected chi connectivity index (χ4v) is 1.12. The molecule has 1 rings (SSSR count). The highest BCUT2D eigenvalue weighted by Gasteiger charge is 2.13. The lowest BCUT2D eigenvalue weighted by atomic mass is 10.4. The van der Waals surface area contributed by atoms with Crippen LogP contribution in [-0.2, 0) is 0 Å². The Kier molecular flexibility index (Phi) is 2.69. The van der Waals surface area contributed by atoms with Crippen LogP contribution in [0.1, 0.15) is 12.1 Å². The van der Waals surface area contributed by atoms with Crippen molar-refractivity contribution in [3.8, 4) is 0 Å². The van der Waals surface area contributed by atoms with E-state index in [9.17, 15) is 13.2 Å². The Balaban J connectivity index is 3.13. The van der Waals surface area contributed by atoms with Gasteiger partial charge >= 0.3 is 0 Å². The molecule has 0 fully saturated rings. The van der Waals surface area contributed by atoms with Crippen molar-refractivity contribution in [3.63, 3.8) is 0 Å². The van der Waals surface area contributed by atoms with Gasteiger partial charge in [-0.2, -0.15) is 4.39 Å². The Labute approximate surface area is 74.8 Å². The summed E-state index contributed by atoms with van der Waals surface area (Å²) >= 11 is 1.68. The first kappa shape index (κ1) is 8.76. The van der Waals surface area contributed by atoms with Crippen LogP contribution in [0.3, 0.4) is 0 Å². The molecule has 1 nitrogen and oxygen atoms in total. The van der Waals surface area contributed by atoms with E-state index in [1.165, 1.54) is 6.07 Å². The fourth-order valence-electron chi connectivity index (χ4n) is 0.586. The third-order valence-electron chi connectivity index (χ3n) is 1.05. The van der Waals surface area contributed by atoms with Crippen molar-refractivity contribution in [3.05, 3.63) is 27.3 Å². The quantitative estimate of drug-likeness (QED) is 0.566. The summed E-state index contributed by atoms with van der Waals surface area (Å²) in [6, 6.07) is 2.32. The van der Waals surface area contributed by atoms with Crippen LogP contribution >= 0.6 is 22.6 Å². The summed E-state index contributed by atoms with van der Waals surface area (Å²) in [5.41, 5.74) is -0.495. The number of alkyl halides is 2. The number of hydrogen-bond donors (Lipinski definition) is 0. The van der Waals surface area contributed by atoms with E-state index in [0.717, 1.165) is 6.07 Å². The van der Waals surface area contributed by atoms with E-state index in [4.69, 9.17) is 0 Å². The molecule has 0 aliphatic rings. The minimum absolute atomic E-state index is 0.277. The van der Waals surface area contributed by atoms with Gasteiger partial charge in [-0.05, 0) is 34.7 Å². The van der Waals surface area contributed by atoms with Crippen LogP contribution in [0.25, 0.3) is 0 Å². The van der Waals surface area contributed by atoms with Gasteiger partial charge in [0.25, 0.3) is 6.43 Å². The maximum Gasteiger partial charge on any atom is 0.281 e. The maximum atomic E-state index is 12.3. The van der Waals surface area contributed by atoms with E-state index < -0.39 is 18.1 Å². The topological polar surface area (TPSA) is 12.9 Å². The predicted octanol–water partition coefficient (Wildman–Crippen LogP) is 2.76. The molecule has 0 bridgehead atoms. The first-order valence-electron chi connectivity index (χ1n) is 2.71. The van der Waals surface area contributed by atoms with Gasteiger partial charge in [0.05, 0.1) is 0 Å². The highest BCUT2D eigenvalue weighted by Crippen LogP contribution is 2.21. The van der Waals surface area contributed by atoms with Crippen LogP contribution in [0.4, 0.5) is 13.2 Å². The van der Waals surface area contributed by atoms with Gasteiger partial charge in [0.1, 0.15) is 5.69 Å². The molecule has 11 heavy (non-hydrogen) atoms. The van der Waals surface area contributed by atoms with Crippen molar-refractivity contribution in [1.82, 2.24) is 4.98 Å². The van der Waals surface area contributed by atoms with Gasteiger partial charge in [0.2, 0.25) is 5.95 Å². The molecule has 0 unspecified atom stereocenters. The van der Waals surface area contributed by atoms with Gasteiger partial charge in [-0.1, -0.05) is 0 Å². The molecular formula is C6H3F3IN. The molecule has 0 amide bonds. The first-order chi connectivity index (χ1) is 5.11. The first-order valence-corrected chi connectivity index (χ1v) is 3.79. The van der Waals surface area contributed by atoms with Crippen molar-refractivity contribution in [2.45, 2.75) is 6.43 Å². The number of halogens is 4. The molecule has 1 heterocycles. The summed E-state index contributed by atoms with van der Waals surface area (Å²) in [5, 5.41) is 0. The summed E-state index contributed by atoms with van der Waals surface area (Å²) in [6.45, 7) is 0. The second-order valence-electron chi connectivity index (χ2n) is 1.80. The van der Waals surface area contributed by atoms with E-state index in [2.05, 4.69) is 4.98 Å². The zero-order valence-electron chi connectivity index (χ0n) is 5.19. The minimum Gasteiger partial charge on any atom is -0.218 e. The van der Waals surface area contributed by atoms with E-state index in [0.29, 0.717) is 0 Å². The van der Waals surface area contributed by atoms with Crippen molar-refractivity contribution >= 4 is 22.6 Å². The highest BCUT2D eigenvalue weighted by atomic mass is 127. The molecule has 0 spiro atoms. The van der Waals surface area contributed by atoms with Crippen LogP contribution in [0, 0.1) is 9.52 Å².